The van der Waals surface area contributed by atoms with Gasteiger partial charge in [-0.3, -0.25) is 14.9 Å². The first-order valence-corrected chi connectivity index (χ1v) is 11.0. The highest BCUT2D eigenvalue weighted by atomic mass is 32.1. The highest BCUT2D eigenvalue weighted by Crippen LogP contribution is 2.37. The van der Waals surface area contributed by atoms with Crippen LogP contribution in [0.4, 0.5) is 5.00 Å². The van der Waals surface area contributed by atoms with Crippen LogP contribution in [0, 0.1) is 0 Å². The van der Waals surface area contributed by atoms with E-state index >= 15 is 0 Å². The lowest BCUT2D eigenvalue weighted by atomic mass is 9.95. The van der Waals surface area contributed by atoms with Crippen molar-refractivity contribution in [3.05, 3.63) is 70.1 Å². The zero-order chi connectivity index (χ0) is 21.1. The predicted molar refractivity (Wildman–Crippen MR) is 127 cm³/mol. The first kappa shape index (κ1) is 20.3. The molecule has 3 aromatic rings. The number of rotatable bonds is 4. The molecule has 5 nitrogen and oxygen atoms in total. The standard InChI is InChI=1S/C23H21N3O2S2/c24-21(28)20-17-10-3-4-11-18(17)30-22(20)26-23(29)25-19(27)13-12-15-8-5-7-14-6-1-2-9-16(14)15/h1-2,5-9,12-13H,3-4,10-11H2,(H2,24,28)(H2,25,26,27,29)/b13-12+. The molecule has 0 bridgehead atoms. The van der Waals surface area contributed by atoms with Crippen LogP contribution in [0.1, 0.15) is 39.2 Å². The van der Waals surface area contributed by atoms with Gasteiger partial charge in [0.15, 0.2) is 5.11 Å². The van der Waals surface area contributed by atoms with Crippen LogP contribution < -0.4 is 16.4 Å². The van der Waals surface area contributed by atoms with Crippen LogP contribution in [-0.2, 0) is 17.6 Å². The Bertz CT molecular complexity index is 1180. The average molecular weight is 436 g/mol. The Hall–Kier alpha value is -3.03. The maximum Gasteiger partial charge on any atom is 0.251 e. The third kappa shape index (κ3) is 4.27. The second-order valence-corrected chi connectivity index (χ2v) is 8.64. The number of nitrogens with one attached hydrogen (secondary N) is 2. The van der Waals surface area contributed by atoms with Gasteiger partial charge in [0.25, 0.3) is 5.91 Å². The van der Waals surface area contributed by atoms with Crippen LogP contribution in [0.3, 0.4) is 0 Å². The third-order valence-corrected chi connectivity index (χ3v) is 6.53. The normalized spacial score (nSPS) is 13.2. The van der Waals surface area contributed by atoms with Crippen LogP contribution in [0.25, 0.3) is 16.8 Å². The summed E-state index contributed by atoms with van der Waals surface area (Å²) in [5.74, 6) is -0.816. The van der Waals surface area contributed by atoms with E-state index in [4.69, 9.17) is 18.0 Å². The quantitative estimate of drug-likeness (QED) is 0.419. The highest BCUT2D eigenvalue weighted by molar-refractivity contribution is 7.80. The van der Waals surface area contributed by atoms with Gasteiger partial charge in [-0.2, -0.15) is 0 Å². The molecule has 7 heteroatoms. The van der Waals surface area contributed by atoms with Gasteiger partial charge >= 0.3 is 0 Å². The van der Waals surface area contributed by atoms with Gasteiger partial charge in [0.1, 0.15) is 5.00 Å². The van der Waals surface area contributed by atoms with Crippen molar-refractivity contribution >= 4 is 62.3 Å². The maximum atomic E-state index is 12.4. The Labute approximate surface area is 184 Å². The van der Waals surface area contributed by atoms with Gasteiger partial charge in [-0.15, -0.1) is 11.3 Å². The fraction of sp³-hybridized carbons (Fsp3) is 0.174. The number of fused-ring (bicyclic) bond motifs is 2. The van der Waals surface area contributed by atoms with Crippen molar-refractivity contribution in [1.82, 2.24) is 5.32 Å². The molecule has 4 N–H and O–H groups in total. The SMILES string of the molecule is NC(=O)c1c(NC(=S)NC(=O)/C=C/c2cccc3ccccc23)sc2c1CCCC2. The molecule has 0 saturated carbocycles. The average Bonchev–Trinajstić information content (AvgIpc) is 3.10. The van der Waals surface area contributed by atoms with Crippen LogP contribution >= 0.6 is 23.6 Å². The zero-order valence-electron chi connectivity index (χ0n) is 16.2. The van der Waals surface area contributed by atoms with Crippen LogP contribution in [0.2, 0.25) is 0 Å². The molecule has 1 heterocycles. The summed E-state index contributed by atoms with van der Waals surface area (Å²) >= 11 is 6.77. The first-order chi connectivity index (χ1) is 14.5. The molecule has 4 rings (SSSR count). The fourth-order valence-electron chi connectivity index (χ4n) is 3.76. The van der Waals surface area contributed by atoms with Crippen LogP contribution in [0.15, 0.2) is 48.5 Å². The number of hydrogen-bond donors (Lipinski definition) is 3. The molecule has 0 radical (unpaired) electrons. The minimum Gasteiger partial charge on any atom is -0.365 e. The molecule has 1 aliphatic carbocycles. The number of amides is 2. The Morgan fingerprint density at radius 2 is 1.83 bits per heavy atom. The van der Waals surface area contributed by atoms with Gasteiger partial charge in [-0.05, 0) is 65.9 Å². The molecule has 0 saturated heterocycles. The molecular weight excluding hydrogens is 414 g/mol. The minimum atomic E-state index is -0.470. The van der Waals surface area contributed by atoms with E-state index in [0.29, 0.717) is 10.6 Å². The number of primary amides is 1. The van der Waals surface area contributed by atoms with Crippen molar-refractivity contribution in [1.29, 1.82) is 0 Å². The fourth-order valence-corrected chi connectivity index (χ4v) is 5.33. The van der Waals surface area contributed by atoms with E-state index in [-0.39, 0.29) is 11.0 Å². The smallest absolute Gasteiger partial charge is 0.251 e. The number of aryl methyl sites for hydroxylation is 1. The zero-order valence-corrected chi connectivity index (χ0v) is 17.9. The van der Waals surface area contributed by atoms with Crippen molar-refractivity contribution in [2.75, 3.05) is 5.32 Å². The first-order valence-electron chi connectivity index (χ1n) is 9.75. The molecule has 2 amide bonds. The number of carbonyl (C=O) groups excluding carboxylic acids is 2. The third-order valence-electron chi connectivity index (χ3n) is 5.12. The summed E-state index contributed by atoms with van der Waals surface area (Å²) in [5.41, 5.74) is 8.07. The van der Waals surface area contributed by atoms with Crippen molar-refractivity contribution in [3.8, 4) is 0 Å². The lowest BCUT2D eigenvalue weighted by Gasteiger charge is -2.11. The highest BCUT2D eigenvalue weighted by Gasteiger charge is 2.24. The van der Waals surface area contributed by atoms with Crippen LogP contribution in [0.5, 0.6) is 0 Å². The summed E-state index contributed by atoms with van der Waals surface area (Å²) < 4.78 is 0. The largest absolute Gasteiger partial charge is 0.365 e. The van der Waals surface area contributed by atoms with Gasteiger partial charge in [0.05, 0.1) is 5.56 Å². The van der Waals surface area contributed by atoms with E-state index in [1.807, 2.05) is 42.5 Å². The van der Waals surface area contributed by atoms with Gasteiger partial charge in [-0.25, -0.2) is 0 Å². The lowest BCUT2D eigenvalue weighted by molar-refractivity contribution is -0.115. The molecule has 0 fully saturated rings. The summed E-state index contributed by atoms with van der Waals surface area (Å²) in [7, 11) is 0. The number of carbonyl (C=O) groups is 2. The van der Waals surface area contributed by atoms with Crippen molar-refractivity contribution in [2.45, 2.75) is 25.7 Å². The maximum absolute atomic E-state index is 12.4. The van der Waals surface area contributed by atoms with Gasteiger partial charge in [0, 0.05) is 11.0 Å². The topological polar surface area (TPSA) is 84.2 Å². The molecule has 0 spiro atoms. The minimum absolute atomic E-state index is 0.142. The van der Waals surface area contributed by atoms with E-state index in [1.165, 1.54) is 22.3 Å². The molecule has 0 unspecified atom stereocenters. The predicted octanol–water partition coefficient (Wildman–Crippen LogP) is 4.41. The van der Waals surface area contributed by atoms with E-state index < -0.39 is 5.91 Å². The number of thiophene rings is 1. The molecule has 0 atom stereocenters. The van der Waals surface area contributed by atoms with Crippen LogP contribution in [-0.4, -0.2) is 16.9 Å². The second-order valence-electron chi connectivity index (χ2n) is 7.12. The number of hydrogen-bond acceptors (Lipinski definition) is 4. The van der Waals surface area contributed by atoms with Gasteiger partial charge < -0.3 is 11.1 Å². The van der Waals surface area contributed by atoms with Crippen molar-refractivity contribution in [3.63, 3.8) is 0 Å². The molecule has 1 aromatic heterocycles. The van der Waals surface area contributed by atoms with E-state index in [1.54, 1.807) is 6.08 Å². The monoisotopic (exact) mass is 435 g/mol. The lowest BCUT2D eigenvalue weighted by Crippen LogP contribution is -2.33. The summed E-state index contributed by atoms with van der Waals surface area (Å²) in [6.45, 7) is 0. The molecule has 152 valence electrons. The second kappa shape index (κ2) is 8.77. The summed E-state index contributed by atoms with van der Waals surface area (Å²) in [5, 5.41) is 8.56. The molecule has 30 heavy (non-hydrogen) atoms. The Balaban J connectivity index is 1.46. The number of anilines is 1. The van der Waals surface area contributed by atoms with Crippen molar-refractivity contribution in [2.24, 2.45) is 5.73 Å². The van der Waals surface area contributed by atoms with Gasteiger partial charge in [-0.1, -0.05) is 42.5 Å². The summed E-state index contributed by atoms with van der Waals surface area (Å²) in [6.07, 6.45) is 7.14. The van der Waals surface area contributed by atoms with E-state index in [9.17, 15) is 9.59 Å². The Morgan fingerprint density at radius 1 is 1.07 bits per heavy atom. The van der Waals surface area contributed by atoms with Crippen molar-refractivity contribution < 1.29 is 9.59 Å². The number of nitrogens with two attached hydrogens (primary N) is 1. The molecule has 0 aliphatic heterocycles. The van der Waals surface area contributed by atoms with E-state index in [0.717, 1.165) is 47.6 Å². The number of benzene rings is 2. The Morgan fingerprint density at radius 3 is 2.67 bits per heavy atom. The van der Waals surface area contributed by atoms with Gasteiger partial charge in [0.2, 0.25) is 5.91 Å². The van der Waals surface area contributed by atoms with E-state index in [2.05, 4.69) is 10.6 Å². The molecule has 2 aromatic carbocycles. The molecular formula is C23H21N3O2S2. The summed E-state index contributed by atoms with van der Waals surface area (Å²) in [6, 6.07) is 13.9. The molecule has 1 aliphatic rings. The Kier molecular flexibility index (Phi) is 5.92. The number of thiocarbonyl (C=S) groups is 1. The summed E-state index contributed by atoms with van der Waals surface area (Å²) in [4.78, 5) is 25.5.